The number of hydrogen-bond donors (Lipinski definition) is 0. The SMILES string of the molecule is C#CC#CC#CC#CC#CC#CC#CC#CC#CC#CC#CC#CC#CC#CC#CC#CC#CC#CC#CC#CC#CC#CC#CC#CC#CC#CC#CC#CC#N.[C-]#[N+]c1ccc(N2C(=O)C3(CCC3)N(c3ccc(CCCC#N)cc3)C2=S)cc1C(F)(F)F. The van der Waals surface area contributed by atoms with E-state index in [1.54, 1.807) is 11.0 Å². The molecule has 1 amide bonds. The van der Waals surface area contributed by atoms with E-state index in [0.29, 0.717) is 24.9 Å². The molecule has 0 bridgehead atoms. The monoisotopic (exact) mass is 1170 g/mol. The van der Waals surface area contributed by atoms with Gasteiger partial charge in [0, 0.05) is 296 Å². The lowest BCUT2D eigenvalue weighted by Crippen LogP contribution is -2.55. The topological polar surface area (TPSA) is 75.5 Å². The number of unbranched alkanes of at least 4 members (excludes halogenated alkanes) is 1. The van der Waals surface area contributed by atoms with Crippen molar-refractivity contribution in [3.05, 3.63) is 65.0 Å². The fraction of sp³-hybridized carbons (Fsp3) is 0.0988. The largest absolute Gasteiger partial charge is 0.407 e. The summed E-state index contributed by atoms with van der Waals surface area (Å²) >= 11 is 5.62. The lowest BCUT2D eigenvalue weighted by atomic mass is 9.75. The lowest BCUT2D eigenvalue weighted by molar-refractivity contribution is -0.137. The average Bonchev–Trinajstić information content (AvgIpc) is 1.57. The normalized spacial score (nSPS) is 8.69. The number of amides is 1. The molecule has 1 saturated heterocycles. The molecular weight excluding hydrogens is 1150 g/mol. The molecule has 0 N–H and O–H groups in total. The van der Waals surface area contributed by atoms with E-state index in [0.717, 1.165) is 41.9 Å². The van der Waals surface area contributed by atoms with Gasteiger partial charge in [-0.15, -0.1) is 6.42 Å². The third kappa shape index (κ3) is 28.8. The average molecular weight is 1170 g/mol. The molecule has 4 rings (SSSR count). The molecule has 2 aromatic rings. The van der Waals surface area contributed by atoms with Gasteiger partial charge in [0.1, 0.15) is 5.54 Å². The van der Waals surface area contributed by atoms with E-state index in [1.165, 1.54) is 6.07 Å². The maximum atomic E-state index is 13.5. The molecule has 1 aliphatic heterocycles. The maximum Gasteiger partial charge on any atom is 0.407 e. The molecule has 10 heteroatoms. The van der Waals surface area contributed by atoms with E-state index in [4.69, 9.17) is 35.7 Å². The van der Waals surface area contributed by atoms with Crippen LogP contribution in [0.5, 0.6) is 0 Å². The predicted molar refractivity (Wildman–Crippen MR) is 346 cm³/mol. The number of rotatable bonds is 5. The van der Waals surface area contributed by atoms with Crippen molar-refractivity contribution in [1.29, 1.82) is 10.5 Å². The lowest BCUT2D eigenvalue weighted by Gasteiger charge is -2.43. The first-order valence-electron chi connectivity index (χ1n) is 24.7. The van der Waals surface area contributed by atoms with Gasteiger partial charge in [0.05, 0.1) is 18.2 Å². The van der Waals surface area contributed by atoms with E-state index in [1.807, 2.05) is 24.3 Å². The third-order valence-electron chi connectivity index (χ3n) is 9.65. The minimum absolute atomic E-state index is 0.00613. The van der Waals surface area contributed by atoms with Crippen molar-refractivity contribution in [2.75, 3.05) is 9.80 Å². The van der Waals surface area contributed by atoms with Crippen molar-refractivity contribution >= 4 is 40.3 Å². The van der Waals surface area contributed by atoms with Crippen LogP contribution in [0, 0.1) is 361 Å². The van der Waals surface area contributed by atoms with Gasteiger partial charge in [-0.05, 0) is 122 Å². The Hall–Kier alpha value is -16.3. The second-order valence-electron chi connectivity index (χ2n) is 15.1. The van der Waals surface area contributed by atoms with Gasteiger partial charge in [-0.2, -0.15) is 23.7 Å². The molecule has 1 aliphatic carbocycles. The van der Waals surface area contributed by atoms with E-state index in [2.05, 4.69) is 337 Å². The molecule has 2 aromatic carbocycles. The van der Waals surface area contributed by atoms with Crippen LogP contribution in [0.4, 0.5) is 30.2 Å². The van der Waals surface area contributed by atoms with Crippen LogP contribution in [-0.4, -0.2) is 16.6 Å². The highest BCUT2D eigenvalue weighted by Gasteiger charge is 2.59. The standard InChI is InChI=1S/C57HN.C24H19F3N4OS/c1-2-3-4-5-6-7-8-9-10-11-12-13-14-15-16-17-18-19-20-21-22-23-24-25-26-27-28-29-30-31-32-33-34-35-36-37-38-39-40-41-42-43-44-45-46-47-48-49-50-51-52-53-54-55-56-57-58;1-29-20-11-10-18(15-19(20)24(25,26)27)30-21(32)23(12-4-13-23)31(22(30)33)17-8-6-16(7-9-17)5-2-3-14-28/h1H;6-11,15H,2-5,12-13H2. The number of aryl methyl sites for hydroxylation is 1. The van der Waals surface area contributed by atoms with Crippen LogP contribution in [0.25, 0.3) is 4.85 Å². The first kappa shape index (κ1) is 69.0. The number of nitriles is 2. The maximum absolute atomic E-state index is 13.5. The second-order valence-corrected chi connectivity index (χ2v) is 15.5. The van der Waals surface area contributed by atoms with Gasteiger partial charge >= 0.3 is 6.18 Å². The van der Waals surface area contributed by atoms with E-state index in [-0.39, 0.29) is 16.7 Å². The Kier molecular flexibility index (Phi) is 33.7. The van der Waals surface area contributed by atoms with E-state index in [9.17, 15) is 18.0 Å². The van der Waals surface area contributed by atoms with Crippen LogP contribution in [0.15, 0.2) is 42.5 Å². The van der Waals surface area contributed by atoms with Crippen LogP contribution < -0.4 is 9.80 Å². The van der Waals surface area contributed by atoms with Crippen molar-refractivity contribution in [2.24, 2.45) is 0 Å². The number of nitrogens with zero attached hydrogens (tertiary/aromatic N) is 5. The molecule has 6 nitrogen and oxygen atoms in total. The second kappa shape index (κ2) is 44.4. The number of terminal acetylenes is 1. The molecule has 0 radical (unpaired) electrons. The highest BCUT2D eigenvalue weighted by molar-refractivity contribution is 7.81. The molecule has 0 unspecified atom stereocenters. The summed E-state index contributed by atoms with van der Waals surface area (Å²) in [4.78, 5) is 19.4. The summed E-state index contributed by atoms with van der Waals surface area (Å²) in [5.41, 5.74) is -0.759. The van der Waals surface area contributed by atoms with Crippen LogP contribution in [-0.2, 0) is 17.4 Å². The van der Waals surface area contributed by atoms with Crippen molar-refractivity contribution in [3.8, 4) is 344 Å². The minimum atomic E-state index is -4.73. The van der Waals surface area contributed by atoms with Gasteiger partial charge in [0.15, 0.2) is 16.9 Å². The summed E-state index contributed by atoms with van der Waals surface area (Å²) < 4.78 is 40.5. The Balaban J connectivity index is 0.000000546. The van der Waals surface area contributed by atoms with Crippen LogP contribution >= 0.6 is 12.2 Å². The summed E-state index contributed by atoms with van der Waals surface area (Å²) in [5, 5.41) is 17.0. The van der Waals surface area contributed by atoms with Crippen LogP contribution in [0.2, 0.25) is 0 Å². The molecule has 402 valence electrons. The van der Waals surface area contributed by atoms with Crippen molar-refractivity contribution in [1.82, 2.24) is 0 Å². The number of carbonyl (C=O) groups excluding carboxylic acids is 1. The van der Waals surface area contributed by atoms with Gasteiger partial charge in [-0.3, -0.25) is 9.69 Å². The number of hydrogen-bond acceptors (Lipinski definition) is 4. The van der Waals surface area contributed by atoms with Crippen molar-refractivity contribution in [3.63, 3.8) is 0 Å². The summed E-state index contributed by atoms with van der Waals surface area (Å²) in [5.74, 6) is 135. The van der Waals surface area contributed by atoms with Gasteiger partial charge in [-0.1, -0.05) is 18.2 Å². The number of carbonyl (C=O) groups is 1. The molecule has 2 fully saturated rings. The number of alkyl halides is 3. The smallest absolute Gasteiger partial charge is 0.303 e. The van der Waals surface area contributed by atoms with E-state index < -0.39 is 23.0 Å². The third-order valence-corrected chi connectivity index (χ3v) is 10.0. The van der Waals surface area contributed by atoms with Gasteiger partial charge < -0.3 is 4.90 Å². The molecule has 1 heterocycles. The number of thiocarbonyl (C=S) groups is 1. The Morgan fingerprint density at radius 1 is 0.473 bits per heavy atom. The fourth-order valence-corrected chi connectivity index (χ4v) is 6.54. The molecule has 0 aromatic heterocycles. The van der Waals surface area contributed by atoms with Gasteiger partial charge in [0.25, 0.3) is 5.91 Å². The summed E-state index contributed by atoms with van der Waals surface area (Å²) in [6.07, 6.45) is 4.10. The zero-order valence-electron chi connectivity index (χ0n) is 46.5. The molecule has 1 saturated carbocycles. The summed E-state index contributed by atoms with van der Waals surface area (Å²) in [7, 11) is 0. The Labute approximate surface area is 535 Å². The molecule has 0 atom stereocenters. The molecule has 1 spiro atoms. The number of anilines is 2. The van der Waals surface area contributed by atoms with E-state index >= 15 is 0 Å². The molecule has 91 heavy (non-hydrogen) atoms. The first-order valence-corrected chi connectivity index (χ1v) is 25.1. The highest BCUT2D eigenvalue weighted by atomic mass is 32.1. The number of benzene rings is 2. The highest BCUT2D eigenvalue weighted by Crippen LogP contribution is 2.49. The van der Waals surface area contributed by atoms with Gasteiger partial charge in [-0.25, -0.2) is 4.85 Å². The van der Waals surface area contributed by atoms with Crippen LogP contribution in [0.3, 0.4) is 0 Å². The zero-order valence-corrected chi connectivity index (χ0v) is 47.4. The quantitative estimate of drug-likeness (QED) is 0.150. The minimum Gasteiger partial charge on any atom is -0.303 e. The molecular formula is C81H20F3N5OS. The zero-order chi connectivity index (χ0) is 65.4. The van der Waals surface area contributed by atoms with Crippen LogP contribution in [0.1, 0.15) is 43.2 Å². The van der Waals surface area contributed by atoms with Gasteiger partial charge in [0.2, 0.25) is 0 Å². The predicted octanol–water partition coefficient (Wildman–Crippen LogP) is 6.40. The first-order chi connectivity index (χ1) is 44.6. The summed E-state index contributed by atoms with van der Waals surface area (Å²) in [6.45, 7) is 7.04. The van der Waals surface area contributed by atoms with Crippen molar-refractivity contribution < 1.29 is 18.0 Å². The number of halogens is 3. The van der Waals surface area contributed by atoms with Crippen molar-refractivity contribution in [2.45, 2.75) is 50.2 Å². The molecule has 2 aliphatic rings. The Morgan fingerprint density at radius 2 is 0.769 bits per heavy atom. The Bertz CT molecular complexity index is 5220. The summed E-state index contributed by atoms with van der Waals surface area (Å²) in [6, 6.07) is 14.5. The Morgan fingerprint density at radius 3 is 1.02 bits per heavy atom. The fourth-order valence-electron chi connectivity index (χ4n) is 6.07.